The average molecular weight is 179 g/mol. The molecule has 70 valence electrons. The normalized spacial score (nSPS) is 15.8. The molecule has 2 rings (SSSR count). The molecule has 1 aliphatic rings. The van der Waals surface area contributed by atoms with Gasteiger partial charge >= 0.3 is 0 Å². The van der Waals surface area contributed by atoms with E-state index in [0.717, 1.165) is 12.8 Å². The fourth-order valence-corrected chi connectivity index (χ4v) is 1.31. The number of nitrogens with zero attached hydrogens (tertiary/aromatic N) is 3. The molecule has 0 aromatic carbocycles. The summed E-state index contributed by atoms with van der Waals surface area (Å²) in [7, 11) is 1.86. The van der Waals surface area contributed by atoms with Crippen LogP contribution >= 0.6 is 0 Å². The second-order valence-electron chi connectivity index (χ2n) is 3.44. The average Bonchev–Trinajstić information content (AvgIpc) is 2.85. The molecule has 1 fully saturated rings. The van der Waals surface area contributed by atoms with Gasteiger partial charge in [0.05, 0.1) is 0 Å². The maximum atomic E-state index is 11.6. The Hall–Kier alpha value is -1.32. The van der Waals surface area contributed by atoms with Crippen molar-refractivity contribution in [1.82, 2.24) is 14.7 Å². The number of aromatic nitrogens is 2. The third kappa shape index (κ3) is 1.88. The van der Waals surface area contributed by atoms with E-state index >= 15 is 0 Å². The molecular formula is C9H13N3O. The maximum absolute atomic E-state index is 11.6. The van der Waals surface area contributed by atoms with E-state index in [0.29, 0.717) is 12.6 Å². The van der Waals surface area contributed by atoms with Crippen molar-refractivity contribution in [3.05, 3.63) is 18.5 Å². The molecule has 13 heavy (non-hydrogen) atoms. The summed E-state index contributed by atoms with van der Waals surface area (Å²) in [5.74, 6) is 0.145. The Labute approximate surface area is 77.1 Å². The predicted molar refractivity (Wildman–Crippen MR) is 48.0 cm³/mol. The largest absolute Gasteiger partial charge is 0.341 e. The number of amides is 1. The fraction of sp³-hybridized carbons (Fsp3) is 0.556. The maximum Gasteiger partial charge on any atom is 0.244 e. The van der Waals surface area contributed by atoms with Crippen molar-refractivity contribution in [3.8, 4) is 0 Å². The predicted octanol–water partition coefficient (Wildman–Crippen LogP) is 0.504. The van der Waals surface area contributed by atoms with E-state index in [2.05, 4.69) is 5.10 Å². The van der Waals surface area contributed by atoms with Crippen LogP contribution in [0, 0.1) is 0 Å². The van der Waals surface area contributed by atoms with Crippen molar-refractivity contribution in [2.75, 3.05) is 7.05 Å². The number of likely N-dealkylation sites (N-methyl/N-ethyl adjacent to an activating group) is 1. The summed E-state index contributed by atoms with van der Waals surface area (Å²) in [5.41, 5.74) is 0. The molecular weight excluding hydrogens is 166 g/mol. The minimum Gasteiger partial charge on any atom is -0.341 e. The van der Waals surface area contributed by atoms with Gasteiger partial charge in [0.15, 0.2) is 0 Å². The van der Waals surface area contributed by atoms with E-state index in [4.69, 9.17) is 0 Å². The lowest BCUT2D eigenvalue weighted by molar-refractivity contribution is -0.131. The zero-order valence-electron chi connectivity index (χ0n) is 7.68. The highest BCUT2D eigenvalue weighted by Gasteiger charge is 2.29. The highest BCUT2D eigenvalue weighted by atomic mass is 16.2. The standard InChI is InChI=1S/C9H13N3O/c1-11(8-3-4-8)9(13)7-12-6-2-5-10-12/h2,5-6,8H,3-4,7H2,1H3. The van der Waals surface area contributed by atoms with Crippen LogP contribution in [0.15, 0.2) is 18.5 Å². The topological polar surface area (TPSA) is 38.1 Å². The van der Waals surface area contributed by atoms with Crippen molar-refractivity contribution in [1.29, 1.82) is 0 Å². The number of carbonyl (C=O) groups excluding carboxylic acids is 1. The molecule has 0 saturated heterocycles. The van der Waals surface area contributed by atoms with Crippen LogP contribution in [0.25, 0.3) is 0 Å². The van der Waals surface area contributed by atoms with Crippen LogP contribution in [0.1, 0.15) is 12.8 Å². The summed E-state index contributed by atoms with van der Waals surface area (Å²) in [6.45, 7) is 0.361. The van der Waals surface area contributed by atoms with Crippen LogP contribution in [0.2, 0.25) is 0 Å². The molecule has 0 N–H and O–H groups in total. The van der Waals surface area contributed by atoms with Crippen molar-refractivity contribution in [2.45, 2.75) is 25.4 Å². The molecule has 0 spiro atoms. The van der Waals surface area contributed by atoms with Gasteiger partial charge in [-0.3, -0.25) is 9.48 Å². The number of carbonyl (C=O) groups is 1. The lowest BCUT2D eigenvalue weighted by Crippen LogP contribution is -2.32. The Morgan fingerprint density at radius 3 is 3.00 bits per heavy atom. The van der Waals surface area contributed by atoms with Gasteiger partial charge in [-0.1, -0.05) is 0 Å². The third-order valence-corrected chi connectivity index (χ3v) is 2.34. The highest BCUT2D eigenvalue weighted by Crippen LogP contribution is 2.25. The van der Waals surface area contributed by atoms with Crippen LogP contribution in [0.4, 0.5) is 0 Å². The minimum absolute atomic E-state index is 0.145. The van der Waals surface area contributed by atoms with Crippen molar-refractivity contribution in [3.63, 3.8) is 0 Å². The van der Waals surface area contributed by atoms with Crippen LogP contribution in [-0.4, -0.2) is 33.7 Å². The van der Waals surface area contributed by atoms with Gasteiger partial charge in [0, 0.05) is 25.5 Å². The first kappa shape index (κ1) is 8.29. The first-order valence-corrected chi connectivity index (χ1v) is 4.50. The molecule has 1 heterocycles. The van der Waals surface area contributed by atoms with Gasteiger partial charge in [0.2, 0.25) is 5.91 Å². The van der Waals surface area contributed by atoms with Gasteiger partial charge in [0.25, 0.3) is 0 Å². The van der Waals surface area contributed by atoms with Gasteiger partial charge in [-0.15, -0.1) is 0 Å². The Morgan fingerprint density at radius 1 is 1.69 bits per heavy atom. The smallest absolute Gasteiger partial charge is 0.244 e. The Balaban J connectivity index is 1.90. The Morgan fingerprint density at radius 2 is 2.46 bits per heavy atom. The summed E-state index contributed by atoms with van der Waals surface area (Å²) < 4.78 is 1.65. The molecule has 4 nitrogen and oxygen atoms in total. The number of hydrogen-bond donors (Lipinski definition) is 0. The lowest BCUT2D eigenvalue weighted by Gasteiger charge is -2.15. The van der Waals surface area contributed by atoms with E-state index in [1.54, 1.807) is 17.1 Å². The van der Waals surface area contributed by atoms with Gasteiger partial charge < -0.3 is 4.90 Å². The molecule has 0 atom stereocenters. The number of rotatable bonds is 3. The molecule has 1 aliphatic carbocycles. The molecule has 0 aliphatic heterocycles. The van der Waals surface area contributed by atoms with Gasteiger partial charge in [-0.25, -0.2) is 0 Å². The summed E-state index contributed by atoms with van der Waals surface area (Å²) in [6.07, 6.45) is 5.80. The molecule has 1 amide bonds. The minimum atomic E-state index is 0.145. The van der Waals surface area contributed by atoms with Crippen LogP contribution in [0.3, 0.4) is 0 Å². The van der Waals surface area contributed by atoms with Crippen molar-refractivity contribution in [2.24, 2.45) is 0 Å². The molecule has 1 saturated carbocycles. The third-order valence-electron chi connectivity index (χ3n) is 2.34. The zero-order valence-corrected chi connectivity index (χ0v) is 7.68. The van der Waals surface area contributed by atoms with Gasteiger partial charge in [-0.05, 0) is 18.9 Å². The first-order valence-electron chi connectivity index (χ1n) is 4.50. The van der Waals surface area contributed by atoms with Crippen molar-refractivity contribution < 1.29 is 4.79 Å². The van der Waals surface area contributed by atoms with Crippen LogP contribution in [-0.2, 0) is 11.3 Å². The van der Waals surface area contributed by atoms with E-state index in [9.17, 15) is 4.79 Å². The quantitative estimate of drug-likeness (QED) is 0.677. The summed E-state index contributed by atoms with van der Waals surface area (Å²) in [5, 5.41) is 3.99. The number of hydrogen-bond acceptors (Lipinski definition) is 2. The molecule has 0 radical (unpaired) electrons. The second kappa shape index (κ2) is 3.20. The SMILES string of the molecule is CN(C(=O)Cn1cccn1)C1CC1. The molecule has 0 unspecified atom stereocenters. The van der Waals surface area contributed by atoms with E-state index in [1.165, 1.54) is 0 Å². The fourth-order valence-electron chi connectivity index (χ4n) is 1.31. The summed E-state index contributed by atoms with van der Waals surface area (Å²) >= 11 is 0. The van der Waals surface area contributed by atoms with Crippen LogP contribution in [0.5, 0.6) is 0 Å². The van der Waals surface area contributed by atoms with E-state index < -0.39 is 0 Å². The lowest BCUT2D eigenvalue weighted by atomic mass is 10.5. The van der Waals surface area contributed by atoms with Gasteiger partial charge in [-0.2, -0.15) is 5.10 Å². The summed E-state index contributed by atoms with van der Waals surface area (Å²) in [4.78, 5) is 13.4. The Kier molecular flexibility index (Phi) is 2.04. The van der Waals surface area contributed by atoms with E-state index in [-0.39, 0.29) is 5.91 Å². The highest BCUT2D eigenvalue weighted by molar-refractivity contribution is 5.76. The first-order chi connectivity index (χ1) is 6.27. The van der Waals surface area contributed by atoms with Crippen LogP contribution < -0.4 is 0 Å². The zero-order chi connectivity index (χ0) is 9.26. The molecule has 1 aromatic heterocycles. The summed E-state index contributed by atoms with van der Waals surface area (Å²) in [6, 6.07) is 2.31. The van der Waals surface area contributed by atoms with Crippen molar-refractivity contribution >= 4 is 5.91 Å². The Bertz CT molecular complexity index is 290. The molecule has 1 aromatic rings. The molecule has 4 heteroatoms. The van der Waals surface area contributed by atoms with E-state index in [1.807, 2.05) is 18.0 Å². The molecule has 0 bridgehead atoms. The second-order valence-corrected chi connectivity index (χ2v) is 3.44. The monoisotopic (exact) mass is 179 g/mol. The van der Waals surface area contributed by atoms with Gasteiger partial charge in [0.1, 0.15) is 6.54 Å².